The number of fused-ring (bicyclic) bond motifs is 1. The smallest absolute Gasteiger partial charge is 0.260 e. The molecule has 0 bridgehead atoms. The maximum absolute atomic E-state index is 14.0. The summed E-state index contributed by atoms with van der Waals surface area (Å²) in [6.07, 6.45) is 1.22. The molecule has 0 unspecified atom stereocenters. The van der Waals surface area contributed by atoms with Gasteiger partial charge in [0.25, 0.3) is 5.91 Å². The summed E-state index contributed by atoms with van der Waals surface area (Å²) in [6.45, 7) is 0. The van der Waals surface area contributed by atoms with Crippen LogP contribution in [0.4, 0.5) is 10.1 Å². The lowest BCUT2D eigenvalue weighted by Gasteiger charge is -2.10. The van der Waals surface area contributed by atoms with Crippen LogP contribution in [0.25, 0.3) is 20.8 Å². The van der Waals surface area contributed by atoms with Gasteiger partial charge in [0.2, 0.25) is 5.95 Å². The number of amides is 1. The lowest BCUT2D eigenvalue weighted by Crippen LogP contribution is -2.15. The molecular formula is C20H14FN3O2S. The number of nitrogens with one attached hydrogen (secondary N) is 1. The Balaban J connectivity index is 1.70. The lowest BCUT2D eigenvalue weighted by molar-refractivity contribution is 0.102. The fourth-order valence-corrected chi connectivity index (χ4v) is 3.66. The van der Waals surface area contributed by atoms with Crippen molar-refractivity contribution in [2.75, 3.05) is 12.4 Å². The van der Waals surface area contributed by atoms with Crippen molar-refractivity contribution >= 4 is 33.1 Å². The number of carbonyl (C=O) groups is 1. The molecule has 134 valence electrons. The number of hydrogen-bond acceptors (Lipinski definition) is 5. The summed E-state index contributed by atoms with van der Waals surface area (Å²) in [4.78, 5) is 20.8. The Morgan fingerprint density at radius 2 is 1.93 bits per heavy atom. The summed E-state index contributed by atoms with van der Waals surface area (Å²) in [7, 11) is 1.43. The van der Waals surface area contributed by atoms with E-state index in [0.29, 0.717) is 11.4 Å². The molecule has 1 amide bonds. The topological polar surface area (TPSA) is 64.1 Å². The second-order valence-electron chi connectivity index (χ2n) is 5.70. The molecule has 4 rings (SSSR count). The number of hydrogen-bond donors (Lipinski definition) is 1. The number of halogens is 1. The zero-order valence-electron chi connectivity index (χ0n) is 14.3. The summed E-state index contributed by atoms with van der Waals surface area (Å²) in [5.41, 5.74) is 2.02. The van der Waals surface area contributed by atoms with E-state index >= 15 is 0 Å². The normalized spacial score (nSPS) is 10.7. The molecule has 2 aromatic carbocycles. The minimum absolute atomic E-state index is 0.187. The highest BCUT2D eigenvalue weighted by Gasteiger charge is 2.17. The number of aromatic nitrogens is 2. The van der Waals surface area contributed by atoms with E-state index in [1.165, 1.54) is 30.7 Å². The summed E-state index contributed by atoms with van der Waals surface area (Å²) in [5, 5.41) is 3.53. The SMILES string of the molecule is COc1cnc(F)c(C(=O)Nc2ccccc2-c2nc3ccccc3s2)c1. The first kappa shape index (κ1) is 17.1. The third kappa shape index (κ3) is 3.37. The average Bonchev–Trinajstić information content (AvgIpc) is 3.12. The first-order valence-electron chi connectivity index (χ1n) is 8.11. The molecule has 0 radical (unpaired) electrons. The lowest BCUT2D eigenvalue weighted by atomic mass is 10.1. The third-order valence-corrected chi connectivity index (χ3v) is 5.06. The van der Waals surface area contributed by atoms with Crippen LogP contribution in [-0.2, 0) is 0 Å². The Kier molecular flexibility index (Phi) is 4.52. The Hall–Kier alpha value is -3.32. The number of para-hydroxylation sites is 2. The third-order valence-electron chi connectivity index (χ3n) is 3.99. The van der Waals surface area contributed by atoms with Crippen molar-refractivity contribution in [3.05, 3.63) is 72.3 Å². The Bertz CT molecular complexity index is 1110. The van der Waals surface area contributed by atoms with Crippen molar-refractivity contribution in [1.82, 2.24) is 9.97 Å². The average molecular weight is 379 g/mol. The quantitative estimate of drug-likeness (QED) is 0.519. The van der Waals surface area contributed by atoms with Gasteiger partial charge in [0.15, 0.2) is 0 Å². The van der Waals surface area contributed by atoms with Gasteiger partial charge >= 0.3 is 0 Å². The summed E-state index contributed by atoms with van der Waals surface area (Å²) < 4.78 is 20.1. The number of ether oxygens (including phenoxy) is 1. The highest BCUT2D eigenvalue weighted by molar-refractivity contribution is 7.21. The zero-order valence-corrected chi connectivity index (χ0v) is 15.1. The first-order chi connectivity index (χ1) is 13.2. The molecule has 0 atom stereocenters. The molecule has 0 spiro atoms. The van der Waals surface area contributed by atoms with Crippen molar-refractivity contribution in [2.24, 2.45) is 0 Å². The molecular weight excluding hydrogens is 365 g/mol. The van der Waals surface area contributed by atoms with Crippen LogP contribution >= 0.6 is 11.3 Å². The van der Waals surface area contributed by atoms with E-state index in [9.17, 15) is 9.18 Å². The number of nitrogens with zero attached hydrogens (tertiary/aromatic N) is 2. The van der Waals surface area contributed by atoms with Crippen LogP contribution in [0.3, 0.4) is 0 Å². The molecule has 2 heterocycles. The number of benzene rings is 2. The summed E-state index contributed by atoms with van der Waals surface area (Å²) in [5.74, 6) is -1.15. The van der Waals surface area contributed by atoms with Gasteiger partial charge in [0.1, 0.15) is 10.8 Å². The van der Waals surface area contributed by atoms with E-state index in [2.05, 4.69) is 15.3 Å². The molecule has 2 aromatic heterocycles. The predicted molar refractivity (Wildman–Crippen MR) is 104 cm³/mol. The van der Waals surface area contributed by atoms with E-state index in [4.69, 9.17) is 4.74 Å². The van der Waals surface area contributed by atoms with Crippen LogP contribution in [0.2, 0.25) is 0 Å². The van der Waals surface area contributed by atoms with Crippen LogP contribution in [0.5, 0.6) is 5.75 Å². The van der Waals surface area contributed by atoms with Gasteiger partial charge in [-0.05, 0) is 30.3 Å². The van der Waals surface area contributed by atoms with E-state index in [0.717, 1.165) is 20.8 Å². The van der Waals surface area contributed by atoms with Crippen molar-refractivity contribution < 1.29 is 13.9 Å². The number of anilines is 1. The second kappa shape index (κ2) is 7.13. The molecule has 4 aromatic rings. The van der Waals surface area contributed by atoms with Crippen molar-refractivity contribution in [2.45, 2.75) is 0 Å². The monoisotopic (exact) mass is 379 g/mol. The Labute approximate surface area is 158 Å². The predicted octanol–water partition coefficient (Wildman–Crippen LogP) is 4.76. The number of methoxy groups -OCH3 is 1. The largest absolute Gasteiger partial charge is 0.495 e. The molecule has 0 aliphatic heterocycles. The van der Waals surface area contributed by atoms with Crippen molar-refractivity contribution in [1.29, 1.82) is 0 Å². The fraction of sp³-hybridized carbons (Fsp3) is 0.0500. The molecule has 0 saturated carbocycles. The molecule has 0 saturated heterocycles. The first-order valence-corrected chi connectivity index (χ1v) is 8.93. The molecule has 0 aliphatic rings. The second-order valence-corrected chi connectivity index (χ2v) is 6.73. The van der Waals surface area contributed by atoms with Crippen LogP contribution in [0.1, 0.15) is 10.4 Å². The molecule has 0 aliphatic carbocycles. The number of rotatable bonds is 4. The maximum atomic E-state index is 14.0. The minimum atomic E-state index is -0.856. The van der Waals surface area contributed by atoms with Crippen molar-refractivity contribution in [3.63, 3.8) is 0 Å². The molecule has 27 heavy (non-hydrogen) atoms. The van der Waals surface area contributed by atoms with Gasteiger partial charge in [0, 0.05) is 5.56 Å². The van der Waals surface area contributed by atoms with E-state index < -0.39 is 11.9 Å². The Morgan fingerprint density at radius 1 is 1.15 bits per heavy atom. The zero-order chi connectivity index (χ0) is 18.8. The molecule has 7 heteroatoms. The molecule has 1 N–H and O–H groups in total. The van der Waals surface area contributed by atoms with Crippen LogP contribution in [0, 0.1) is 5.95 Å². The molecule has 5 nitrogen and oxygen atoms in total. The number of thiazole rings is 1. The Morgan fingerprint density at radius 3 is 2.74 bits per heavy atom. The van der Waals surface area contributed by atoms with Crippen LogP contribution in [0.15, 0.2) is 60.8 Å². The fourth-order valence-electron chi connectivity index (χ4n) is 2.66. The van der Waals surface area contributed by atoms with Gasteiger partial charge in [0.05, 0.1) is 34.8 Å². The number of pyridine rings is 1. The maximum Gasteiger partial charge on any atom is 0.260 e. The van der Waals surface area contributed by atoms with Gasteiger partial charge in [-0.15, -0.1) is 11.3 Å². The molecule has 0 fully saturated rings. The van der Waals surface area contributed by atoms with E-state index in [1.54, 1.807) is 12.1 Å². The van der Waals surface area contributed by atoms with Gasteiger partial charge in [-0.25, -0.2) is 9.97 Å². The summed E-state index contributed by atoms with van der Waals surface area (Å²) >= 11 is 1.53. The van der Waals surface area contributed by atoms with Crippen molar-refractivity contribution in [3.8, 4) is 16.3 Å². The van der Waals surface area contributed by atoms with Gasteiger partial charge in [-0.2, -0.15) is 4.39 Å². The van der Waals surface area contributed by atoms with Gasteiger partial charge < -0.3 is 10.1 Å². The van der Waals surface area contributed by atoms with Gasteiger partial charge in [-0.1, -0.05) is 24.3 Å². The minimum Gasteiger partial charge on any atom is -0.495 e. The van der Waals surface area contributed by atoms with Gasteiger partial charge in [-0.3, -0.25) is 4.79 Å². The van der Waals surface area contributed by atoms with E-state index in [-0.39, 0.29) is 5.56 Å². The highest BCUT2D eigenvalue weighted by atomic mass is 32.1. The number of carbonyl (C=O) groups excluding carboxylic acids is 1. The highest BCUT2D eigenvalue weighted by Crippen LogP contribution is 2.34. The van der Waals surface area contributed by atoms with E-state index in [1.807, 2.05) is 36.4 Å². The summed E-state index contributed by atoms with van der Waals surface area (Å²) in [6, 6.07) is 16.4. The van der Waals surface area contributed by atoms with Crippen LogP contribution < -0.4 is 10.1 Å². The standard InChI is InChI=1S/C20H14FN3O2S/c1-26-12-10-14(18(21)22-11-12)19(25)23-15-7-3-2-6-13(15)20-24-16-8-4-5-9-17(16)27-20/h2-11H,1H3,(H,23,25). The van der Waals surface area contributed by atoms with Crippen LogP contribution in [-0.4, -0.2) is 23.0 Å².